The van der Waals surface area contributed by atoms with E-state index in [4.69, 9.17) is 18.9 Å². The van der Waals surface area contributed by atoms with Crippen molar-refractivity contribution in [3.63, 3.8) is 0 Å². The van der Waals surface area contributed by atoms with Crippen molar-refractivity contribution >= 4 is 34.6 Å². The molecule has 3 aromatic carbocycles. The van der Waals surface area contributed by atoms with Gasteiger partial charge in [0.2, 0.25) is 0 Å². The largest absolute Gasteiger partial charge is 0.419 e. The lowest BCUT2D eigenvalue weighted by Crippen LogP contribution is -2.08. The third-order valence-electron chi connectivity index (χ3n) is 4.69. The fraction of sp³-hybridized carbons (Fsp3) is 0. The monoisotopic (exact) mass is 484 g/mol. The molecule has 36 heavy (non-hydrogen) atoms. The molecule has 0 saturated carbocycles. The van der Waals surface area contributed by atoms with Crippen LogP contribution in [0.25, 0.3) is 21.9 Å². The lowest BCUT2D eigenvalue weighted by molar-refractivity contribution is -0.131. The molecular formula is C28H20O8. The van der Waals surface area contributed by atoms with Crippen LogP contribution in [0, 0.1) is 0 Å². The van der Waals surface area contributed by atoms with Gasteiger partial charge in [0, 0.05) is 24.3 Å². The van der Waals surface area contributed by atoms with Crippen molar-refractivity contribution in [2.75, 3.05) is 0 Å². The van der Waals surface area contributed by atoms with E-state index in [9.17, 15) is 19.2 Å². The minimum atomic E-state index is -0.739. The van der Waals surface area contributed by atoms with Gasteiger partial charge in [-0.2, -0.15) is 0 Å². The summed E-state index contributed by atoms with van der Waals surface area (Å²) in [5.41, 5.74) is 1.31. The topological polar surface area (TPSA) is 105 Å². The van der Waals surface area contributed by atoms with Crippen LogP contribution in [-0.4, -0.2) is 23.9 Å². The standard InChI is InChI=1S/C28H20O8/c1-5-25(29)33-21-12-11-18(14-22(21)34-26(30)6-2)17-9-10-19-15-23(35-27(31)7-3)24(16-20(19)13-17)36-28(32)8-4/h5-16H,1-4H2. The number of fused-ring (bicyclic) bond motifs is 1. The second-order valence-electron chi connectivity index (χ2n) is 7.02. The molecule has 0 bridgehead atoms. The summed E-state index contributed by atoms with van der Waals surface area (Å²) in [5, 5.41) is 1.32. The van der Waals surface area contributed by atoms with Gasteiger partial charge in [0.25, 0.3) is 0 Å². The molecule has 0 aliphatic heterocycles. The highest BCUT2D eigenvalue weighted by Gasteiger charge is 2.16. The van der Waals surface area contributed by atoms with Crippen LogP contribution in [0.15, 0.2) is 99.2 Å². The lowest BCUT2D eigenvalue weighted by Gasteiger charge is -2.13. The molecule has 0 unspecified atom stereocenters. The summed E-state index contributed by atoms with van der Waals surface area (Å²) >= 11 is 0. The van der Waals surface area contributed by atoms with Gasteiger partial charge >= 0.3 is 23.9 Å². The zero-order valence-electron chi connectivity index (χ0n) is 19.0. The summed E-state index contributed by atoms with van der Waals surface area (Å²) in [6.07, 6.45) is 3.92. The van der Waals surface area contributed by atoms with Crippen molar-refractivity contribution < 1.29 is 38.1 Å². The van der Waals surface area contributed by atoms with E-state index in [2.05, 4.69) is 26.3 Å². The summed E-state index contributed by atoms with van der Waals surface area (Å²) in [5.74, 6) is -2.86. The Morgan fingerprint density at radius 1 is 0.472 bits per heavy atom. The molecule has 8 nitrogen and oxygen atoms in total. The first-order chi connectivity index (χ1) is 17.3. The third-order valence-corrected chi connectivity index (χ3v) is 4.69. The van der Waals surface area contributed by atoms with Gasteiger partial charge in [-0.1, -0.05) is 44.5 Å². The maximum absolute atomic E-state index is 11.8. The average molecular weight is 484 g/mol. The summed E-state index contributed by atoms with van der Waals surface area (Å²) < 4.78 is 20.8. The number of esters is 4. The minimum Gasteiger partial charge on any atom is -0.419 e. The van der Waals surface area contributed by atoms with Crippen LogP contribution in [0.5, 0.6) is 23.0 Å². The normalized spacial score (nSPS) is 10.0. The van der Waals surface area contributed by atoms with Crippen molar-refractivity contribution in [1.29, 1.82) is 0 Å². The molecule has 0 saturated heterocycles. The fourth-order valence-corrected chi connectivity index (χ4v) is 3.05. The summed E-state index contributed by atoms with van der Waals surface area (Å²) in [6, 6.07) is 13.1. The van der Waals surface area contributed by atoms with Crippen LogP contribution in [0.4, 0.5) is 0 Å². The summed E-state index contributed by atoms with van der Waals surface area (Å²) in [6.45, 7) is 13.4. The van der Waals surface area contributed by atoms with E-state index in [1.54, 1.807) is 30.3 Å². The van der Waals surface area contributed by atoms with E-state index < -0.39 is 23.9 Å². The number of carbonyl (C=O) groups excluding carboxylic acids is 4. The molecule has 3 aromatic rings. The van der Waals surface area contributed by atoms with E-state index in [0.29, 0.717) is 21.9 Å². The molecule has 0 atom stereocenters. The molecule has 0 amide bonds. The Morgan fingerprint density at radius 2 is 0.861 bits per heavy atom. The lowest BCUT2D eigenvalue weighted by atomic mass is 10.0. The van der Waals surface area contributed by atoms with Crippen LogP contribution in [0.2, 0.25) is 0 Å². The van der Waals surface area contributed by atoms with Crippen molar-refractivity contribution in [2.45, 2.75) is 0 Å². The van der Waals surface area contributed by atoms with Crippen molar-refractivity contribution in [3.05, 3.63) is 99.2 Å². The SMILES string of the molecule is C=CC(=O)Oc1ccc(-c2ccc3cc(OC(=O)C=C)c(OC(=O)C=C)cc3c2)cc1OC(=O)C=C. The van der Waals surface area contributed by atoms with E-state index in [1.807, 2.05) is 0 Å². The number of benzene rings is 3. The number of ether oxygens (including phenoxy) is 4. The Hall–Kier alpha value is -5.24. The molecule has 3 rings (SSSR count). The highest BCUT2D eigenvalue weighted by molar-refractivity contribution is 5.94. The Bertz CT molecular complexity index is 1430. The fourth-order valence-electron chi connectivity index (χ4n) is 3.05. The highest BCUT2D eigenvalue weighted by atomic mass is 16.6. The molecule has 0 fully saturated rings. The molecule has 0 N–H and O–H groups in total. The van der Waals surface area contributed by atoms with Gasteiger partial charge in [-0.15, -0.1) is 0 Å². The second kappa shape index (κ2) is 11.3. The molecule has 0 heterocycles. The average Bonchev–Trinajstić information content (AvgIpc) is 2.89. The quantitative estimate of drug-likeness (QED) is 0.241. The smallest absolute Gasteiger partial charge is 0.335 e. The second-order valence-corrected chi connectivity index (χ2v) is 7.02. The highest BCUT2D eigenvalue weighted by Crippen LogP contribution is 2.37. The Labute approximate surface area is 206 Å². The van der Waals surface area contributed by atoms with Crippen LogP contribution in [-0.2, 0) is 19.2 Å². The summed E-state index contributed by atoms with van der Waals surface area (Å²) in [7, 11) is 0. The van der Waals surface area contributed by atoms with E-state index in [0.717, 1.165) is 24.3 Å². The summed E-state index contributed by atoms with van der Waals surface area (Å²) in [4.78, 5) is 47.0. The molecule has 8 heteroatoms. The zero-order chi connectivity index (χ0) is 26.2. The van der Waals surface area contributed by atoms with E-state index in [1.165, 1.54) is 18.2 Å². The van der Waals surface area contributed by atoms with Crippen molar-refractivity contribution in [2.24, 2.45) is 0 Å². The van der Waals surface area contributed by atoms with E-state index >= 15 is 0 Å². The first-order valence-electron chi connectivity index (χ1n) is 10.4. The van der Waals surface area contributed by atoms with Gasteiger partial charge in [0.05, 0.1) is 0 Å². The Morgan fingerprint density at radius 3 is 1.36 bits per heavy atom. The van der Waals surface area contributed by atoms with Gasteiger partial charge in [-0.3, -0.25) is 0 Å². The molecular weight excluding hydrogens is 464 g/mol. The maximum atomic E-state index is 11.8. The van der Waals surface area contributed by atoms with Crippen LogP contribution >= 0.6 is 0 Å². The number of hydrogen-bond donors (Lipinski definition) is 0. The van der Waals surface area contributed by atoms with E-state index in [-0.39, 0.29) is 23.0 Å². The van der Waals surface area contributed by atoms with Gasteiger partial charge < -0.3 is 18.9 Å². The molecule has 0 aliphatic carbocycles. The predicted molar refractivity (Wildman–Crippen MR) is 133 cm³/mol. The minimum absolute atomic E-state index is 0.0000144. The number of carbonyl (C=O) groups is 4. The third kappa shape index (κ3) is 6.00. The zero-order valence-corrected chi connectivity index (χ0v) is 19.0. The Balaban J connectivity index is 2.09. The van der Waals surface area contributed by atoms with Crippen LogP contribution < -0.4 is 18.9 Å². The molecule has 0 aliphatic rings. The van der Waals surface area contributed by atoms with Crippen LogP contribution in [0.1, 0.15) is 0 Å². The first kappa shape index (κ1) is 25.4. The number of hydrogen-bond acceptors (Lipinski definition) is 8. The van der Waals surface area contributed by atoms with Gasteiger partial charge in [0.1, 0.15) is 0 Å². The molecule has 0 aromatic heterocycles. The maximum Gasteiger partial charge on any atom is 0.335 e. The van der Waals surface area contributed by atoms with Crippen molar-refractivity contribution in [1.82, 2.24) is 0 Å². The molecule has 180 valence electrons. The predicted octanol–water partition coefficient (Wildman–Crippen LogP) is 4.87. The molecule has 0 radical (unpaired) electrons. The van der Waals surface area contributed by atoms with Gasteiger partial charge in [-0.05, 0) is 52.2 Å². The van der Waals surface area contributed by atoms with Gasteiger partial charge in [0.15, 0.2) is 23.0 Å². The first-order valence-corrected chi connectivity index (χ1v) is 10.4. The van der Waals surface area contributed by atoms with Crippen LogP contribution in [0.3, 0.4) is 0 Å². The Kier molecular flexibility index (Phi) is 7.94. The van der Waals surface area contributed by atoms with Crippen molar-refractivity contribution in [3.8, 4) is 34.1 Å². The molecule has 0 spiro atoms. The van der Waals surface area contributed by atoms with Gasteiger partial charge in [-0.25, -0.2) is 19.2 Å². The number of rotatable bonds is 9.